The summed E-state index contributed by atoms with van der Waals surface area (Å²) in [7, 11) is 1.60. The summed E-state index contributed by atoms with van der Waals surface area (Å²) in [6.45, 7) is 0. The molecule has 1 amide bonds. The molecule has 0 bridgehead atoms. The molecule has 0 aromatic carbocycles. The minimum atomic E-state index is -0.0492. The predicted octanol–water partition coefficient (Wildman–Crippen LogP) is -0.0376. The number of fused-ring (bicyclic) bond motifs is 1. The van der Waals surface area contributed by atoms with Crippen LogP contribution in [0.5, 0.6) is 0 Å². The highest BCUT2D eigenvalue weighted by molar-refractivity contribution is 7.99. The summed E-state index contributed by atoms with van der Waals surface area (Å²) in [6, 6.07) is 1.77. The molecule has 0 aliphatic carbocycles. The quantitative estimate of drug-likeness (QED) is 0.739. The maximum atomic E-state index is 11.0. The van der Waals surface area contributed by atoms with Gasteiger partial charge in [0.05, 0.1) is 5.75 Å². The van der Waals surface area contributed by atoms with Gasteiger partial charge in [-0.2, -0.15) is 4.98 Å². The number of hydrogen-bond donors (Lipinski definition) is 1. The first kappa shape index (κ1) is 9.91. The molecule has 0 aliphatic heterocycles. The Morgan fingerprint density at radius 2 is 2.53 bits per heavy atom. The fourth-order valence-electron chi connectivity index (χ4n) is 0.977. The molecule has 0 unspecified atom stereocenters. The third-order valence-corrected chi connectivity index (χ3v) is 2.55. The molecule has 1 N–H and O–H groups in total. The molecule has 6 nitrogen and oxygen atoms in total. The minimum Gasteiger partial charge on any atom is -0.358 e. The molecule has 78 valence electrons. The monoisotopic (exact) mass is 223 g/mol. The molecule has 2 heterocycles. The van der Waals surface area contributed by atoms with Crippen molar-refractivity contribution in [2.24, 2.45) is 0 Å². The molecular weight excluding hydrogens is 214 g/mol. The van der Waals surface area contributed by atoms with Crippen LogP contribution in [-0.4, -0.2) is 38.3 Å². The molecular formula is C8H9N5OS. The Hall–Kier alpha value is -1.63. The van der Waals surface area contributed by atoms with E-state index in [-0.39, 0.29) is 5.91 Å². The van der Waals surface area contributed by atoms with Crippen LogP contribution in [0.1, 0.15) is 0 Å². The van der Waals surface area contributed by atoms with Crippen molar-refractivity contribution >= 4 is 23.4 Å². The van der Waals surface area contributed by atoms with Crippen molar-refractivity contribution in [3.05, 3.63) is 18.5 Å². The summed E-state index contributed by atoms with van der Waals surface area (Å²) >= 11 is 1.28. The standard InChI is InChI=1S/C8H9N5OS/c1-9-6(14)5-15-8-11-7-10-3-2-4-13(7)12-8/h2-4H,5H2,1H3,(H,9,14). The zero-order chi connectivity index (χ0) is 10.7. The fraction of sp³-hybridized carbons (Fsp3) is 0.250. The Labute approximate surface area is 90.1 Å². The second kappa shape index (κ2) is 4.26. The van der Waals surface area contributed by atoms with Crippen LogP contribution in [0.4, 0.5) is 0 Å². The van der Waals surface area contributed by atoms with Gasteiger partial charge in [-0.1, -0.05) is 11.8 Å². The summed E-state index contributed by atoms with van der Waals surface area (Å²) in [5.74, 6) is 0.802. The van der Waals surface area contributed by atoms with Gasteiger partial charge in [-0.25, -0.2) is 9.50 Å². The first-order valence-electron chi connectivity index (χ1n) is 4.30. The number of rotatable bonds is 3. The molecule has 0 atom stereocenters. The highest BCUT2D eigenvalue weighted by atomic mass is 32.2. The Morgan fingerprint density at radius 3 is 3.27 bits per heavy atom. The molecule has 0 spiro atoms. The topological polar surface area (TPSA) is 72.2 Å². The second-order valence-corrected chi connectivity index (χ2v) is 3.66. The Balaban J connectivity index is 2.12. The summed E-state index contributed by atoms with van der Waals surface area (Å²) in [5.41, 5.74) is 0. The van der Waals surface area contributed by atoms with Crippen LogP contribution < -0.4 is 5.32 Å². The minimum absolute atomic E-state index is 0.0492. The Bertz CT molecular complexity index is 450. The van der Waals surface area contributed by atoms with Crippen molar-refractivity contribution in [1.29, 1.82) is 0 Å². The molecule has 0 radical (unpaired) electrons. The number of carbonyl (C=O) groups is 1. The molecule has 2 aromatic rings. The van der Waals surface area contributed by atoms with E-state index in [9.17, 15) is 4.79 Å². The van der Waals surface area contributed by atoms with Gasteiger partial charge in [0, 0.05) is 19.4 Å². The van der Waals surface area contributed by atoms with Gasteiger partial charge >= 0.3 is 0 Å². The lowest BCUT2D eigenvalue weighted by Gasteiger charge is -1.94. The first-order valence-corrected chi connectivity index (χ1v) is 5.29. The van der Waals surface area contributed by atoms with Crippen LogP contribution in [-0.2, 0) is 4.79 Å². The van der Waals surface area contributed by atoms with Crippen LogP contribution in [0.3, 0.4) is 0 Å². The highest BCUT2D eigenvalue weighted by Gasteiger charge is 2.06. The van der Waals surface area contributed by atoms with E-state index in [1.54, 1.807) is 30.0 Å². The average molecular weight is 223 g/mol. The van der Waals surface area contributed by atoms with Gasteiger partial charge in [0.25, 0.3) is 5.78 Å². The van der Waals surface area contributed by atoms with E-state index in [1.807, 2.05) is 0 Å². The third kappa shape index (κ3) is 2.24. The van der Waals surface area contributed by atoms with Crippen molar-refractivity contribution in [1.82, 2.24) is 24.9 Å². The third-order valence-electron chi connectivity index (χ3n) is 1.71. The van der Waals surface area contributed by atoms with Crippen LogP contribution >= 0.6 is 11.8 Å². The Kier molecular flexibility index (Phi) is 2.82. The van der Waals surface area contributed by atoms with Crippen LogP contribution in [0.2, 0.25) is 0 Å². The SMILES string of the molecule is CNC(=O)CSc1nc2ncccn2n1. The summed E-state index contributed by atoms with van der Waals surface area (Å²) in [5, 5.41) is 7.23. The summed E-state index contributed by atoms with van der Waals surface area (Å²) in [6.07, 6.45) is 3.41. The summed E-state index contributed by atoms with van der Waals surface area (Å²) in [4.78, 5) is 19.2. The number of amides is 1. The first-order chi connectivity index (χ1) is 7.29. The van der Waals surface area contributed by atoms with E-state index in [0.29, 0.717) is 16.7 Å². The lowest BCUT2D eigenvalue weighted by Crippen LogP contribution is -2.19. The lowest BCUT2D eigenvalue weighted by molar-refractivity contribution is -0.118. The van der Waals surface area contributed by atoms with Gasteiger partial charge in [0.15, 0.2) is 0 Å². The fourth-order valence-corrected chi connectivity index (χ4v) is 1.67. The van der Waals surface area contributed by atoms with Gasteiger partial charge in [-0.3, -0.25) is 4.79 Å². The molecule has 2 aromatic heterocycles. The number of carbonyl (C=O) groups excluding carboxylic acids is 1. The molecule has 0 aliphatic rings. The van der Waals surface area contributed by atoms with Crippen molar-refractivity contribution in [2.45, 2.75) is 5.16 Å². The number of hydrogen-bond acceptors (Lipinski definition) is 5. The largest absolute Gasteiger partial charge is 0.358 e. The van der Waals surface area contributed by atoms with Crippen molar-refractivity contribution in [3.8, 4) is 0 Å². The predicted molar refractivity (Wildman–Crippen MR) is 55.6 cm³/mol. The van der Waals surface area contributed by atoms with Crippen molar-refractivity contribution in [2.75, 3.05) is 12.8 Å². The van der Waals surface area contributed by atoms with E-state index in [2.05, 4.69) is 20.4 Å². The second-order valence-electron chi connectivity index (χ2n) is 2.72. The highest BCUT2D eigenvalue weighted by Crippen LogP contribution is 2.12. The average Bonchev–Trinajstić information content (AvgIpc) is 2.68. The summed E-state index contributed by atoms with van der Waals surface area (Å²) < 4.78 is 1.58. The Morgan fingerprint density at radius 1 is 1.67 bits per heavy atom. The maximum absolute atomic E-state index is 11.0. The molecule has 0 saturated heterocycles. The van der Waals surface area contributed by atoms with E-state index < -0.39 is 0 Å². The smallest absolute Gasteiger partial charge is 0.253 e. The van der Waals surface area contributed by atoms with Crippen molar-refractivity contribution in [3.63, 3.8) is 0 Å². The van der Waals surface area contributed by atoms with Crippen molar-refractivity contribution < 1.29 is 4.79 Å². The normalized spacial score (nSPS) is 10.5. The molecule has 7 heteroatoms. The van der Waals surface area contributed by atoms with Gasteiger partial charge in [-0.15, -0.1) is 5.10 Å². The molecule has 0 fully saturated rings. The van der Waals surface area contributed by atoms with Crippen LogP contribution in [0.25, 0.3) is 5.78 Å². The molecule has 2 rings (SSSR count). The zero-order valence-electron chi connectivity index (χ0n) is 8.04. The number of aromatic nitrogens is 4. The van der Waals surface area contributed by atoms with Gasteiger partial charge in [0.2, 0.25) is 11.1 Å². The van der Waals surface area contributed by atoms with Gasteiger partial charge in [0.1, 0.15) is 0 Å². The maximum Gasteiger partial charge on any atom is 0.253 e. The van der Waals surface area contributed by atoms with Gasteiger partial charge < -0.3 is 5.32 Å². The zero-order valence-corrected chi connectivity index (χ0v) is 8.86. The molecule has 15 heavy (non-hydrogen) atoms. The van der Waals surface area contributed by atoms with Gasteiger partial charge in [-0.05, 0) is 6.07 Å². The number of thioether (sulfide) groups is 1. The van der Waals surface area contributed by atoms with E-state index in [1.165, 1.54) is 11.8 Å². The van der Waals surface area contributed by atoms with Crippen LogP contribution in [0, 0.1) is 0 Å². The van der Waals surface area contributed by atoms with E-state index in [0.717, 1.165) is 0 Å². The number of nitrogens with zero attached hydrogens (tertiary/aromatic N) is 4. The van der Waals surface area contributed by atoms with E-state index >= 15 is 0 Å². The molecule has 0 saturated carbocycles. The van der Waals surface area contributed by atoms with E-state index in [4.69, 9.17) is 0 Å². The number of nitrogens with one attached hydrogen (secondary N) is 1. The lowest BCUT2D eigenvalue weighted by atomic mass is 10.7. The van der Waals surface area contributed by atoms with Crippen LogP contribution in [0.15, 0.2) is 23.6 Å².